The third kappa shape index (κ3) is 3.03. The van der Waals surface area contributed by atoms with Crippen LogP contribution in [0.1, 0.15) is 36.9 Å². The third-order valence-corrected chi connectivity index (χ3v) is 4.30. The maximum atomic E-state index is 5.94. The molecule has 3 aromatic rings. The van der Waals surface area contributed by atoms with Gasteiger partial charge < -0.3 is 4.42 Å². The minimum absolute atomic E-state index is 0.275. The summed E-state index contributed by atoms with van der Waals surface area (Å²) in [6, 6.07) is 10.3. The number of nitrogens with zero attached hydrogens (tertiary/aromatic N) is 4. The van der Waals surface area contributed by atoms with Crippen molar-refractivity contribution in [1.29, 1.82) is 0 Å². The van der Waals surface area contributed by atoms with E-state index in [2.05, 4.69) is 25.1 Å². The summed E-state index contributed by atoms with van der Waals surface area (Å²) in [4.78, 5) is 11.1. The molecular formula is C17H19N5O. The Morgan fingerprint density at radius 3 is 2.91 bits per heavy atom. The van der Waals surface area contributed by atoms with E-state index in [-0.39, 0.29) is 6.04 Å². The number of hydrogen-bond donors (Lipinski definition) is 1. The molecule has 2 aromatic heterocycles. The normalized spacial score (nSPS) is 19.0. The van der Waals surface area contributed by atoms with Crippen molar-refractivity contribution in [2.45, 2.75) is 31.8 Å². The highest BCUT2D eigenvalue weighted by Gasteiger charge is 2.27. The van der Waals surface area contributed by atoms with Crippen LogP contribution < -0.4 is 0 Å². The lowest BCUT2D eigenvalue weighted by Crippen LogP contribution is -2.33. The fourth-order valence-corrected chi connectivity index (χ4v) is 3.16. The van der Waals surface area contributed by atoms with Crippen molar-refractivity contribution < 1.29 is 4.42 Å². The van der Waals surface area contributed by atoms with E-state index in [0.717, 1.165) is 36.7 Å². The first kappa shape index (κ1) is 14.1. The molecule has 0 bridgehead atoms. The molecule has 0 aliphatic carbocycles. The molecule has 0 saturated carbocycles. The van der Waals surface area contributed by atoms with E-state index in [9.17, 15) is 0 Å². The van der Waals surface area contributed by atoms with Crippen LogP contribution in [0.3, 0.4) is 0 Å². The van der Waals surface area contributed by atoms with Gasteiger partial charge in [0.25, 0.3) is 0 Å². The Labute approximate surface area is 134 Å². The Morgan fingerprint density at radius 1 is 1.17 bits per heavy atom. The van der Waals surface area contributed by atoms with Gasteiger partial charge in [-0.2, -0.15) is 5.10 Å². The van der Waals surface area contributed by atoms with Crippen molar-refractivity contribution in [3.8, 4) is 11.5 Å². The molecule has 23 heavy (non-hydrogen) atoms. The molecule has 1 fully saturated rings. The lowest BCUT2D eigenvalue weighted by molar-refractivity contribution is 0.124. The van der Waals surface area contributed by atoms with Crippen molar-refractivity contribution in [3.05, 3.63) is 54.4 Å². The molecule has 1 aliphatic heterocycles. The largest absolute Gasteiger partial charge is 0.440 e. The first-order valence-corrected chi connectivity index (χ1v) is 7.99. The monoisotopic (exact) mass is 309 g/mol. The molecule has 3 heterocycles. The van der Waals surface area contributed by atoms with Crippen LogP contribution >= 0.6 is 0 Å². The van der Waals surface area contributed by atoms with Crippen molar-refractivity contribution in [3.63, 3.8) is 0 Å². The maximum absolute atomic E-state index is 5.94. The van der Waals surface area contributed by atoms with Crippen molar-refractivity contribution >= 4 is 0 Å². The standard InChI is InChI=1S/C17H19N5O/c1-2-6-13(7-3-1)17-18-10-14(23-17)11-22-9-5-4-8-15(22)16-19-12-20-21-16/h1-3,6-7,10,12,15H,4-5,8-9,11H2,(H,19,20,21). The Bertz CT molecular complexity index is 737. The zero-order valence-electron chi connectivity index (χ0n) is 12.9. The van der Waals surface area contributed by atoms with Gasteiger partial charge in [0.15, 0.2) is 0 Å². The fraction of sp³-hybridized carbons (Fsp3) is 0.353. The molecule has 1 unspecified atom stereocenters. The number of rotatable bonds is 4. The predicted octanol–water partition coefficient (Wildman–Crippen LogP) is 3.19. The van der Waals surface area contributed by atoms with Gasteiger partial charge in [-0.05, 0) is 31.5 Å². The van der Waals surface area contributed by atoms with Crippen molar-refractivity contribution in [2.24, 2.45) is 0 Å². The molecule has 1 aliphatic rings. The first-order chi connectivity index (χ1) is 11.4. The second-order valence-electron chi connectivity index (χ2n) is 5.85. The van der Waals surface area contributed by atoms with E-state index in [4.69, 9.17) is 4.42 Å². The Morgan fingerprint density at radius 2 is 2.09 bits per heavy atom. The maximum Gasteiger partial charge on any atom is 0.226 e. The molecule has 0 radical (unpaired) electrons. The van der Waals surface area contributed by atoms with Gasteiger partial charge in [0.2, 0.25) is 5.89 Å². The Hall–Kier alpha value is -2.47. The zero-order chi connectivity index (χ0) is 15.5. The number of aromatic amines is 1. The SMILES string of the molecule is c1ccc(-c2ncc(CN3CCCCC3c3ncn[nH]3)o2)cc1. The van der Waals surface area contributed by atoms with Gasteiger partial charge in [0.1, 0.15) is 17.9 Å². The van der Waals surface area contributed by atoms with E-state index < -0.39 is 0 Å². The van der Waals surface area contributed by atoms with E-state index >= 15 is 0 Å². The number of piperidine rings is 1. The Kier molecular flexibility index (Phi) is 3.90. The highest BCUT2D eigenvalue weighted by molar-refractivity contribution is 5.52. The molecule has 4 rings (SSSR count). The highest BCUT2D eigenvalue weighted by atomic mass is 16.4. The van der Waals surface area contributed by atoms with E-state index in [1.54, 1.807) is 6.33 Å². The summed E-state index contributed by atoms with van der Waals surface area (Å²) in [6.45, 7) is 1.78. The van der Waals surface area contributed by atoms with Gasteiger partial charge in [-0.1, -0.05) is 24.6 Å². The van der Waals surface area contributed by atoms with Gasteiger partial charge in [-0.15, -0.1) is 0 Å². The summed E-state index contributed by atoms with van der Waals surface area (Å²) in [6.07, 6.45) is 6.91. The van der Waals surface area contributed by atoms with Gasteiger partial charge in [-0.25, -0.2) is 9.97 Å². The van der Waals surface area contributed by atoms with Gasteiger partial charge in [0.05, 0.1) is 18.8 Å². The summed E-state index contributed by atoms with van der Waals surface area (Å²) in [7, 11) is 0. The molecule has 1 atom stereocenters. The van der Waals surface area contributed by atoms with Crippen molar-refractivity contribution in [1.82, 2.24) is 25.1 Å². The van der Waals surface area contributed by atoms with Crippen molar-refractivity contribution in [2.75, 3.05) is 6.54 Å². The van der Waals surface area contributed by atoms with Crippen LogP contribution in [0, 0.1) is 0 Å². The second-order valence-corrected chi connectivity index (χ2v) is 5.85. The van der Waals surface area contributed by atoms with Crippen LogP contribution in [-0.2, 0) is 6.54 Å². The summed E-state index contributed by atoms with van der Waals surface area (Å²) in [5, 5.41) is 6.99. The molecule has 1 N–H and O–H groups in total. The predicted molar refractivity (Wildman–Crippen MR) is 85.3 cm³/mol. The third-order valence-electron chi connectivity index (χ3n) is 4.30. The number of likely N-dealkylation sites (tertiary alicyclic amines) is 1. The van der Waals surface area contributed by atoms with Crippen LogP contribution in [0.4, 0.5) is 0 Å². The lowest BCUT2D eigenvalue weighted by atomic mass is 10.0. The lowest BCUT2D eigenvalue weighted by Gasteiger charge is -2.33. The molecule has 1 aromatic carbocycles. The minimum atomic E-state index is 0.275. The molecule has 118 valence electrons. The summed E-state index contributed by atoms with van der Waals surface area (Å²) in [5.41, 5.74) is 1.00. The minimum Gasteiger partial charge on any atom is -0.440 e. The second kappa shape index (κ2) is 6.34. The summed E-state index contributed by atoms with van der Waals surface area (Å²) in [5.74, 6) is 2.50. The number of H-pyrrole nitrogens is 1. The zero-order valence-corrected chi connectivity index (χ0v) is 12.9. The molecule has 0 amide bonds. The first-order valence-electron chi connectivity index (χ1n) is 7.99. The number of aromatic nitrogens is 4. The van der Waals surface area contributed by atoms with Gasteiger partial charge >= 0.3 is 0 Å². The number of oxazole rings is 1. The van der Waals surface area contributed by atoms with E-state index in [1.807, 2.05) is 36.5 Å². The average molecular weight is 309 g/mol. The quantitative estimate of drug-likeness (QED) is 0.801. The van der Waals surface area contributed by atoms with Gasteiger partial charge in [0, 0.05) is 5.56 Å². The topological polar surface area (TPSA) is 70.8 Å². The Balaban J connectivity index is 1.52. The highest BCUT2D eigenvalue weighted by Crippen LogP contribution is 2.30. The molecular weight excluding hydrogens is 290 g/mol. The summed E-state index contributed by atoms with van der Waals surface area (Å²) >= 11 is 0. The smallest absolute Gasteiger partial charge is 0.226 e. The van der Waals surface area contributed by atoms with Crippen LogP contribution in [0.15, 0.2) is 47.3 Å². The number of nitrogens with one attached hydrogen (secondary N) is 1. The van der Waals surface area contributed by atoms with Gasteiger partial charge in [-0.3, -0.25) is 10.00 Å². The molecule has 0 spiro atoms. The van der Waals surface area contributed by atoms with Crippen LogP contribution in [0.2, 0.25) is 0 Å². The van der Waals surface area contributed by atoms with Crippen LogP contribution in [0.25, 0.3) is 11.5 Å². The average Bonchev–Trinajstić information content (AvgIpc) is 3.28. The van der Waals surface area contributed by atoms with E-state index in [1.165, 1.54) is 12.8 Å². The molecule has 6 nitrogen and oxygen atoms in total. The molecule has 1 saturated heterocycles. The number of benzene rings is 1. The number of hydrogen-bond acceptors (Lipinski definition) is 5. The fourth-order valence-electron chi connectivity index (χ4n) is 3.16. The molecule has 6 heteroatoms. The van der Waals surface area contributed by atoms with Crippen LogP contribution in [0.5, 0.6) is 0 Å². The summed E-state index contributed by atoms with van der Waals surface area (Å²) < 4.78 is 5.94. The van der Waals surface area contributed by atoms with Crippen LogP contribution in [-0.4, -0.2) is 31.6 Å². The van der Waals surface area contributed by atoms with E-state index in [0.29, 0.717) is 5.89 Å².